The SMILES string of the molecule is COc1ccc(C(C)c2ccccc2C)cc1NC(=O)Nc1ccc(-c2ccc(CCc3ccncc3)nn2)c2ccccc12. The van der Waals surface area contributed by atoms with E-state index < -0.39 is 0 Å². The maximum Gasteiger partial charge on any atom is 0.323 e. The van der Waals surface area contributed by atoms with Gasteiger partial charge in [-0.1, -0.05) is 67.6 Å². The van der Waals surface area contributed by atoms with Gasteiger partial charge in [0.15, 0.2) is 0 Å². The first-order chi connectivity index (χ1) is 22.0. The van der Waals surface area contributed by atoms with Gasteiger partial charge in [0.2, 0.25) is 0 Å². The molecule has 0 saturated heterocycles. The molecule has 2 aromatic heterocycles. The maximum atomic E-state index is 13.4. The lowest BCUT2D eigenvalue weighted by Crippen LogP contribution is -2.20. The van der Waals surface area contributed by atoms with Crippen LogP contribution in [0.15, 0.2) is 116 Å². The van der Waals surface area contributed by atoms with E-state index in [1.807, 2.05) is 84.9 Å². The number of hydrogen-bond donors (Lipinski definition) is 2. The Morgan fingerprint density at radius 1 is 0.778 bits per heavy atom. The van der Waals surface area contributed by atoms with Gasteiger partial charge in [0.1, 0.15) is 5.75 Å². The Balaban J connectivity index is 1.20. The molecular formula is C38H35N5O2. The van der Waals surface area contributed by atoms with Crippen molar-refractivity contribution in [2.24, 2.45) is 0 Å². The Labute approximate surface area is 263 Å². The van der Waals surface area contributed by atoms with Gasteiger partial charge in [-0.3, -0.25) is 4.98 Å². The Bertz CT molecular complexity index is 1940. The third kappa shape index (κ3) is 6.68. The van der Waals surface area contributed by atoms with Crippen LogP contribution in [0.25, 0.3) is 22.0 Å². The molecule has 224 valence electrons. The van der Waals surface area contributed by atoms with Gasteiger partial charge in [-0.05, 0) is 89.9 Å². The number of hydrogen-bond acceptors (Lipinski definition) is 5. The molecule has 0 radical (unpaired) electrons. The summed E-state index contributed by atoms with van der Waals surface area (Å²) in [5.74, 6) is 0.740. The number of amides is 2. The molecule has 0 aliphatic heterocycles. The van der Waals surface area contributed by atoms with E-state index in [0.29, 0.717) is 17.1 Å². The molecule has 1 unspecified atom stereocenters. The van der Waals surface area contributed by atoms with Gasteiger partial charge < -0.3 is 15.4 Å². The van der Waals surface area contributed by atoms with E-state index in [2.05, 4.69) is 57.9 Å². The lowest BCUT2D eigenvalue weighted by Gasteiger charge is -2.18. The molecular weight excluding hydrogens is 558 g/mol. The number of methoxy groups -OCH3 is 1. The average molecular weight is 594 g/mol. The first kappa shape index (κ1) is 29.5. The van der Waals surface area contributed by atoms with Crippen molar-refractivity contribution in [3.05, 3.63) is 143 Å². The van der Waals surface area contributed by atoms with Crippen molar-refractivity contribution >= 4 is 28.2 Å². The minimum Gasteiger partial charge on any atom is -0.495 e. The van der Waals surface area contributed by atoms with Crippen molar-refractivity contribution < 1.29 is 9.53 Å². The van der Waals surface area contributed by atoms with Crippen molar-refractivity contribution in [3.63, 3.8) is 0 Å². The predicted molar refractivity (Wildman–Crippen MR) is 181 cm³/mol. The highest BCUT2D eigenvalue weighted by Gasteiger charge is 2.16. The third-order valence-electron chi connectivity index (χ3n) is 8.21. The highest BCUT2D eigenvalue weighted by atomic mass is 16.5. The van der Waals surface area contributed by atoms with Crippen LogP contribution in [-0.2, 0) is 12.8 Å². The predicted octanol–water partition coefficient (Wildman–Crippen LogP) is 8.59. The molecule has 2 amide bonds. The van der Waals surface area contributed by atoms with Crippen molar-refractivity contribution in [2.75, 3.05) is 17.7 Å². The summed E-state index contributed by atoms with van der Waals surface area (Å²) >= 11 is 0. The van der Waals surface area contributed by atoms with Gasteiger partial charge in [0, 0.05) is 29.3 Å². The van der Waals surface area contributed by atoms with E-state index in [-0.39, 0.29) is 11.9 Å². The Hall–Kier alpha value is -5.56. The fourth-order valence-corrected chi connectivity index (χ4v) is 5.71. The van der Waals surface area contributed by atoms with E-state index >= 15 is 0 Å². The second-order valence-electron chi connectivity index (χ2n) is 11.1. The molecule has 4 aromatic carbocycles. The molecule has 6 rings (SSSR count). The van der Waals surface area contributed by atoms with E-state index in [1.165, 1.54) is 16.7 Å². The van der Waals surface area contributed by atoms with Crippen molar-refractivity contribution in [2.45, 2.75) is 32.6 Å². The monoisotopic (exact) mass is 593 g/mol. The zero-order valence-electron chi connectivity index (χ0n) is 25.6. The van der Waals surface area contributed by atoms with E-state index in [4.69, 9.17) is 4.74 Å². The number of fused-ring (bicyclic) bond motifs is 1. The van der Waals surface area contributed by atoms with Crippen LogP contribution in [0.1, 0.15) is 40.8 Å². The topological polar surface area (TPSA) is 89.0 Å². The number of nitrogens with zero attached hydrogens (tertiary/aromatic N) is 3. The quantitative estimate of drug-likeness (QED) is 0.175. The number of rotatable bonds is 9. The van der Waals surface area contributed by atoms with E-state index in [1.54, 1.807) is 19.5 Å². The van der Waals surface area contributed by atoms with Gasteiger partial charge in [0.05, 0.1) is 29.9 Å². The van der Waals surface area contributed by atoms with Crippen LogP contribution in [0, 0.1) is 6.92 Å². The summed E-state index contributed by atoms with van der Waals surface area (Å²) in [6.07, 6.45) is 5.29. The largest absolute Gasteiger partial charge is 0.495 e. The van der Waals surface area contributed by atoms with Gasteiger partial charge in [-0.2, -0.15) is 10.2 Å². The summed E-state index contributed by atoms with van der Waals surface area (Å²) in [7, 11) is 1.60. The zero-order valence-corrected chi connectivity index (χ0v) is 25.6. The van der Waals surface area contributed by atoms with Crippen LogP contribution in [-0.4, -0.2) is 28.3 Å². The second-order valence-corrected chi connectivity index (χ2v) is 11.1. The lowest BCUT2D eigenvalue weighted by molar-refractivity contribution is 0.262. The third-order valence-corrected chi connectivity index (χ3v) is 8.21. The molecule has 7 heteroatoms. The zero-order chi connectivity index (χ0) is 31.2. The summed E-state index contributed by atoms with van der Waals surface area (Å²) in [4.78, 5) is 17.4. The highest BCUT2D eigenvalue weighted by molar-refractivity contribution is 6.09. The number of anilines is 2. The van der Waals surface area contributed by atoms with E-state index in [0.717, 1.165) is 46.1 Å². The van der Waals surface area contributed by atoms with Gasteiger partial charge >= 0.3 is 6.03 Å². The molecule has 0 fully saturated rings. The molecule has 0 spiro atoms. The van der Waals surface area contributed by atoms with Gasteiger partial charge in [-0.25, -0.2) is 4.79 Å². The summed E-state index contributed by atoms with van der Waals surface area (Å²) in [5.41, 5.74) is 8.73. The minimum atomic E-state index is -0.356. The standard InChI is InChI=1S/C38H35N5O2/c1-25-8-4-5-9-30(25)26(2)28-13-19-37(45-3)36(24-28)41-38(44)40-34-18-16-33(31-10-6-7-11-32(31)34)35-17-15-29(42-43-35)14-12-27-20-22-39-23-21-27/h4-11,13,15-24,26H,12,14H2,1-3H3,(H2,40,41,44). The fraction of sp³-hybridized carbons (Fsp3) is 0.158. The summed E-state index contributed by atoms with van der Waals surface area (Å²) in [6.45, 7) is 4.28. The number of carbonyl (C=O) groups is 1. The summed E-state index contributed by atoms with van der Waals surface area (Å²) in [5, 5.41) is 17.0. The van der Waals surface area contributed by atoms with Crippen LogP contribution in [0.4, 0.5) is 16.2 Å². The molecule has 6 aromatic rings. The molecule has 7 nitrogen and oxygen atoms in total. The molecule has 0 saturated carbocycles. The van der Waals surface area contributed by atoms with Crippen molar-refractivity contribution in [1.82, 2.24) is 15.2 Å². The Kier molecular flexibility index (Phi) is 8.78. The normalized spacial score (nSPS) is 11.6. The van der Waals surface area contributed by atoms with Crippen LogP contribution >= 0.6 is 0 Å². The van der Waals surface area contributed by atoms with Crippen LogP contribution in [0.5, 0.6) is 5.75 Å². The number of pyridine rings is 1. The lowest BCUT2D eigenvalue weighted by atomic mass is 9.90. The Morgan fingerprint density at radius 2 is 1.53 bits per heavy atom. The number of nitrogens with one attached hydrogen (secondary N) is 2. The number of aromatic nitrogens is 3. The maximum absolute atomic E-state index is 13.4. The van der Waals surface area contributed by atoms with Gasteiger partial charge in [0.25, 0.3) is 0 Å². The first-order valence-corrected chi connectivity index (χ1v) is 15.1. The molecule has 0 aliphatic carbocycles. The number of urea groups is 1. The minimum absolute atomic E-state index is 0.149. The number of aryl methyl sites for hydroxylation is 3. The number of carbonyl (C=O) groups excluding carboxylic acids is 1. The number of benzene rings is 4. The fourth-order valence-electron chi connectivity index (χ4n) is 5.71. The highest BCUT2D eigenvalue weighted by Crippen LogP contribution is 2.35. The Morgan fingerprint density at radius 3 is 2.29 bits per heavy atom. The molecule has 45 heavy (non-hydrogen) atoms. The summed E-state index contributed by atoms with van der Waals surface area (Å²) < 4.78 is 5.58. The number of ether oxygens (including phenoxy) is 1. The molecule has 0 aliphatic rings. The molecule has 1 atom stereocenters. The van der Waals surface area contributed by atoms with Crippen LogP contribution < -0.4 is 15.4 Å². The average Bonchev–Trinajstić information content (AvgIpc) is 3.08. The molecule has 2 N–H and O–H groups in total. The smallest absolute Gasteiger partial charge is 0.323 e. The van der Waals surface area contributed by atoms with Gasteiger partial charge in [-0.15, -0.1) is 0 Å². The molecule has 2 heterocycles. The summed E-state index contributed by atoms with van der Waals surface area (Å²) in [6, 6.07) is 33.9. The van der Waals surface area contributed by atoms with Crippen molar-refractivity contribution in [3.8, 4) is 17.0 Å². The second kappa shape index (κ2) is 13.4. The van der Waals surface area contributed by atoms with Crippen molar-refractivity contribution in [1.29, 1.82) is 0 Å². The molecule has 0 bridgehead atoms. The van der Waals surface area contributed by atoms with E-state index in [9.17, 15) is 4.79 Å². The first-order valence-electron chi connectivity index (χ1n) is 15.1. The van der Waals surface area contributed by atoms with Crippen LogP contribution in [0.3, 0.4) is 0 Å². The van der Waals surface area contributed by atoms with Crippen LogP contribution in [0.2, 0.25) is 0 Å².